The smallest absolute Gasteiger partial charge is 0.124 e. The predicted octanol–water partition coefficient (Wildman–Crippen LogP) is 4.20. The van der Waals surface area contributed by atoms with Crippen molar-refractivity contribution in [2.45, 2.75) is 26.4 Å². The molecule has 18 heavy (non-hydrogen) atoms. The fraction of sp³-hybridized carbons (Fsp3) is 0.308. The van der Waals surface area contributed by atoms with Crippen molar-refractivity contribution in [1.29, 1.82) is 0 Å². The Kier molecular flexibility index (Phi) is 4.48. The summed E-state index contributed by atoms with van der Waals surface area (Å²) in [6, 6.07) is 5.08. The Labute approximate surface area is 118 Å². The van der Waals surface area contributed by atoms with Crippen LogP contribution in [0.4, 0.5) is 4.39 Å². The van der Waals surface area contributed by atoms with Crippen LogP contribution in [-0.2, 0) is 6.54 Å². The van der Waals surface area contributed by atoms with Crippen LogP contribution in [-0.4, -0.2) is 4.98 Å². The number of thiazole rings is 1. The summed E-state index contributed by atoms with van der Waals surface area (Å²) < 4.78 is 14.0. The molecule has 96 valence electrons. The standard InChI is InChI=1S/C13H14BrFN2S/c1-8-7-18-13(17-8)9(2)16-6-10-3-11(14)5-12(15)4-10/h3-5,7,9,16H,6H2,1-2H3. The van der Waals surface area contributed by atoms with Crippen molar-refractivity contribution in [2.24, 2.45) is 0 Å². The summed E-state index contributed by atoms with van der Waals surface area (Å²) in [5, 5.41) is 6.44. The van der Waals surface area contributed by atoms with E-state index in [1.165, 1.54) is 12.1 Å². The second-order valence-electron chi connectivity index (χ2n) is 4.21. The van der Waals surface area contributed by atoms with E-state index in [-0.39, 0.29) is 11.9 Å². The van der Waals surface area contributed by atoms with Crippen LogP contribution < -0.4 is 5.32 Å². The van der Waals surface area contributed by atoms with Gasteiger partial charge in [0.05, 0.1) is 6.04 Å². The zero-order valence-electron chi connectivity index (χ0n) is 10.2. The Morgan fingerprint density at radius 2 is 2.22 bits per heavy atom. The van der Waals surface area contributed by atoms with Crippen molar-refractivity contribution in [3.8, 4) is 0 Å². The lowest BCUT2D eigenvalue weighted by molar-refractivity contribution is 0.566. The highest BCUT2D eigenvalue weighted by molar-refractivity contribution is 9.10. The molecule has 1 unspecified atom stereocenters. The van der Waals surface area contributed by atoms with Gasteiger partial charge in [-0.15, -0.1) is 11.3 Å². The number of hydrogen-bond acceptors (Lipinski definition) is 3. The third-order valence-electron chi connectivity index (χ3n) is 2.54. The van der Waals surface area contributed by atoms with Crippen molar-refractivity contribution < 1.29 is 4.39 Å². The minimum Gasteiger partial charge on any atom is -0.304 e. The van der Waals surface area contributed by atoms with Gasteiger partial charge in [0.15, 0.2) is 0 Å². The van der Waals surface area contributed by atoms with Gasteiger partial charge in [-0.1, -0.05) is 15.9 Å². The number of aryl methyl sites for hydroxylation is 1. The van der Waals surface area contributed by atoms with Crippen LogP contribution in [0.3, 0.4) is 0 Å². The van der Waals surface area contributed by atoms with Gasteiger partial charge in [-0.3, -0.25) is 0 Å². The summed E-state index contributed by atoms with van der Waals surface area (Å²) in [5.41, 5.74) is 1.96. The summed E-state index contributed by atoms with van der Waals surface area (Å²) in [7, 11) is 0. The topological polar surface area (TPSA) is 24.9 Å². The van der Waals surface area contributed by atoms with E-state index in [1.807, 2.05) is 18.4 Å². The van der Waals surface area contributed by atoms with Crippen LogP contribution in [0.1, 0.15) is 29.2 Å². The molecule has 0 aliphatic carbocycles. The normalized spacial score (nSPS) is 12.7. The maximum atomic E-state index is 13.2. The first-order valence-corrected chi connectivity index (χ1v) is 7.32. The first-order valence-electron chi connectivity index (χ1n) is 5.65. The van der Waals surface area contributed by atoms with E-state index in [1.54, 1.807) is 11.3 Å². The van der Waals surface area contributed by atoms with Gasteiger partial charge in [-0.2, -0.15) is 0 Å². The van der Waals surface area contributed by atoms with Crippen LogP contribution in [0.15, 0.2) is 28.1 Å². The van der Waals surface area contributed by atoms with E-state index < -0.39 is 0 Å². The Hall–Kier alpha value is -0.780. The van der Waals surface area contributed by atoms with Gasteiger partial charge in [0.2, 0.25) is 0 Å². The SMILES string of the molecule is Cc1csc(C(C)NCc2cc(F)cc(Br)c2)n1. The largest absolute Gasteiger partial charge is 0.304 e. The number of rotatable bonds is 4. The molecule has 1 heterocycles. The Bertz CT molecular complexity index is 521. The van der Waals surface area contributed by atoms with Gasteiger partial charge in [-0.05, 0) is 37.6 Å². The average Bonchev–Trinajstić information content (AvgIpc) is 2.71. The number of hydrogen-bond donors (Lipinski definition) is 1. The Balaban J connectivity index is 1.99. The minimum absolute atomic E-state index is 0.172. The summed E-state index contributed by atoms with van der Waals surface area (Å²) in [6.45, 7) is 4.67. The lowest BCUT2D eigenvalue weighted by Crippen LogP contribution is -2.18. The molecule has 2 aromatic rings. The summed E-state index contributed by atoms with van der Waals surface area (Å²) in [5.74, 6) is -0.223. The molecule has 0 amide bonds. The maximum absolute atomic E-state index is 13.2. The molecule has 1 atom stereocenters. The molecule has 2 rings (SSSR count). The molecule has 0 saturated heterocycles. The Morgan fingerprint density at radius 3 is 2.83 bits per heavy atom. The number of aromatic nitrogens is 1. The molecule has 5 heteroatoms. The average molecular weight is 329 g/mol. The van der Waals surface area contributed by atoms with Crippen molar-refractivity contribution in [2.75, 3.05) is 0 Å². The van der Waals surface area contributed by atoms with Gasteiger partial charge in [-0.25, -0.2) is 9.37 Å². The highest BCUT2D eigenvalue weighted by Gasteiger charge is 2.09. The number of benzene rings is 1. The third kappa shape index (κ3) is 3.60. The predicted molar refractivity (Wildman–Crippen MR) is 76.2 cm³/mol. The first kappa shape index (κ1) is 13.6. The van der Waals surface area contributed by atoms with Crippen LogP contribution in [0.2, 0.25) is 0 Å². The van der Waals surface area contributed by atoms with Crippen LogP contribution >= 0.6 is 27.3 Å². The zero-order chi connectivity index (χ0) is 13.1. The fourth-order valence-corrected chi connectivity index (χ4v) is 2.98. The van der Waals surface area contributed by atoms with E-state index in [9.17, 15) is 4.39 Å². The lowest BCUT2D eigenvalue weighted by atomic mass is 10.2. The molecule has 0 aliphatic heterocycles. The molecular weight excluding hydrogens is 315 g/mol. The van der Waals surface area contributed by atoms with Crippen molar-refractivity contribution in [3.05, 3.63) is 50.1 Å². The molecule has 0 saturated carbocycles. The molecule has 1 aromatic carbocycles. The van der Waals surface area contributed by atoms with Crippen molar-refractivity contribution in [3.63, 3.8) is 0 Å². The molecule has 2 nitrogen and oxygen atoms in total. The third-order valence-corrected chi connectivity index (χ3v) is 4.15. The summed E-state index contributed by atoms with van der Waals surface area (Å²) in [6.07, 6.45) is 0. The highest BCUT2D eigenvalue weighted by Crippen LogP contribution is 2.19. The van der Waals surface area contributed by atoms with E-state index >= 15 is 0 Å². The van der Waals surface area contributed by atoms with Gasteiger partial charge in [0, 0.05) is 22.1 Å². The number of nitrogens with one attached hydrogen (secondary N) is 1. The highest BCUT2D eigenvalue weighted by atomic mass is 79.9. The Morgan fingerprint density at radius 1 is 1.44 bits per heavy atom. The first-order chi connectivity index (χ1) is 8.54. The van der Waals surface area contributed by atoms with E-state index in [0.29, 0.717) is 6.54 Å². The second-order valence-corrected chi connectivity index (χ2v) is 6.01. The molecule has 0 spiro atoms. The second kappa shape index (κ2) is 5.91. The maximum Gasteiger partial charge on any atom is 0.124 e. The van der Waals surface area contributed by atoms with E-state index in [0.717, 1.165) is 20.7 Å². The molecule has 1 N–H and O–H groups in total. The van der Waals surface area contributed by atoms with E-state index in [2.05, 4.69) is 33.2 Å². The minimum atomic E-state index is -0.223. The number of halogens is 2. The van der Waals surface area contributed by atoms with Crippen molar-refractivity contribution >= 4 is 27.3 Å². The summed E-state index contributed by atoms with van der Waals surface area (Å²) in [4.78, 5) is 4.43. The molecule has 1 aromatic heterocycles. The molecule has 0 bridgehead atoms. The van der Waals surface area contributed by atoms with Crippen LogP contribution in [0.5, 0.6) is 0 Å². The quantitative estimate of drug-likeness (QED) is 0.909. The van der Waals surface area contributed by atoms with E-state index in [4.69, 9.17) is 0 Å². The van der Waals surface area contributed by atoms with Gasteiger partial charge >= 0.3 is 0 Å². The molecule has 0 radical (unpaired) electrons. The van der Waals surface area contributed by atoms with Gasteiger partial charge in [0.25, 0.3) is 0 Å². The number of nitrogens with zero attached hydrogens (tertiary/aromatic N) is 1. The van der Waals surface area contributed by atoms with Gasteiger partial charge < -0.3 is 5.32 Å². The lowest BCUT2D eigenvalue weighted by Gasteiger charge is -2.11. The van der Waals surface area contributed by atoms with Crippen molar-refractivity contribution in [1.82, 2.24) is 10.3 Å². The van der Waals surface area contributed by atoms with Crippen LogP contribution in [0, 0.1) is 12.7 Å². The summed E-state index contributed by atoms with van der Waals surface area (Å²) >= 11 is 4.93. The monoisotopic (exact) mass is 328 g/mol. The molecule has 0 aliphatic rings. The molecule has 0 fully saturated rings. The zero-order valence-corrected chi connectivity index (χ0v) is 12.6. The van der Waals surface area contributed by atoms with Crippen LogP contribution in [0.25, 0.3) is 0 Å². The molecular formula is C13H14BrFN2S. The fourth-order valence-electron chi connectivity index (χ4n) is 1.64. The van der Waals surface area contributed by atoms with Gasteiger partial charge in [0.1, 0.15) is 10.8 Å².